The lowest BCUT2D eigenvalue weighted by Gasteiger charge is -2.24. The number of benzene rings is 1. The third kappa shape index (κ3) is 2.06. The van der Waals surface area contributed by atoms with Gasteiger partial charge >= 0.3 is 0 Å². The Morgan fingerprint density at radius 2 is 2.28 bits per heavy atom. The molecule has 18 heavy (non-hydrogen) atoms. The smallest absolute Gasteiger partial charge is 0.260 e. The summed E-state index contributed by atoms with van der Waals surface area (Å²) >= 11 is 0. The summed E-state index contributed by atoms with van der Waals surface area (Å²) in [6, 6.07) is 4.23. The number of ether oxygens (including phenoxy) is 1. The molecule has 1 fully saturated rings. The number of methoxy groups -OCH3 is 1. The molecule has 1 saturated heterocycles. The van der Waals surface area contributed by atoms with Crippen molar-refractivity contribution in [2.45, 2.75) is 25.4 Å². The molecule has 1 heterocycles. The maximum atomic E-state index is 13.8. The summed E-state index contributed by atoms with van der Waals surface area (Å²) in [4.78, 5) is 14.0. The van der Waals surface area contributed by atoms with Gasteiger partial charge < -0.3 is 15.4 Å². The number of likely N-dealkylation sites (tertiary alicyclic amines) is 1. The summed E-state index contributed by atoms with van der Waals surface area (Å²) in [5, 5.41) is 0. The zero-order valence-electron chi connectivity index (χ0n) is 10.5. The van der Waals surface area contributed by atoms with E-state index in [9.17, 15) is 9.18 Å². The molecule has 1 aliphatic rings. The highest BCUT2D eigenvalue weighted by Crippen LogP contribution is 2.26. The first-order valence-electron chi connectivity index (χ1n) is 5.95. The maximum absolute atomic E-state index is 13.8. The summed E-state index contributed by atoms with van der Waals surface area (Å²) in [6.45, 7) is 2.43. The largest absolute Gasteiger partial charge is 0.496 e. The summed E-state index contributed by atoms with van der Waals surface area (Å²) in [7, 11) is 1.42. The highest BCUT2D eigenvalue weighted by atomic mass is 19.1. The van der Waals surface area contributed by atoms with Gasteiger partial charge in [0.25, 0.3) is 5.91 Å². The quantitative estimate of drug-likeness (QED) is 0.865. The predicted molar refractivity (Wildman–Crippen MR) is 66.0 cm³/mol. The van der Waals surface area contributed by atoms with Crippen molar-refractivity contribution in [1.82, 2.24) is 4.90 Å². The van der Waals surface area contributed by atoms with Gasteiger partial charge in [0.05, 0.1) is 7.11 Å². The molecule has 1 amide bonds. The minimum atomic E-state index is -0.563. The van der Waals surface area contributed by atoms with Crippen LogP contribution >= 0.6 is 0 Å². The number of amides is 1. The first-order valence-corrected chi connectivity index (χ1v) is 5.95. The molecular formula is C13H17FN2O2. The van der Waals surface area contributed by atoms with Crippen molar-refractivity contribution in [3.63, 3.8) is 0 Å². The number of carbonyl (C=O) groups excluding carboxylic acids is 1. The lowest BCUT2D eigenvalue weighted by atomic mass is 10.1. The Morgan fingerprint density at radius 1 is 1.56 bits per heavy atom. The van der Waals surface area contributed by atoms with Gasteiger partial charge in [0.2, 0.25) is 0 Å². The second kappa shape index (κ2) is 4.94. The van der Waals surface area contributed by atoms with Gasteiger partial charge in [-0.2, -0.15) is 0 Å². The number of hydrogen-bond donors (Lipinski definition) is 1. The lowest BCUT2D eigenvalue weighted by Crippen LogP contribution is -2.40. The van der Waals surface area contributed by atoms with Crippen LogP contribution in [-0.4, -0.2) is 36.5 Å². The monoisotopic (exact) mass is 252 g/mol. The number of nitrogens with two attached hydrogens (primary N) is 1. The molecule has 5 heteroatoms. The van der Waals surface area contributed by atoms with E-state index in [0.717, 1.165) is 6.42 Å². The molecule has 0 aliphatic carbocycles. The van der Waals surface area contributed by atoms with Crippen LogP contribution in [0.15, 0.2) is 18.2 Å². The van der Waals surface area contributed by atoms with Crippen LogP contribution in [0.5, 0.6) is 5.75 Å². The van der Waals surface area contributed by atoms with E-state index in [0.29, 0.717) is 6.54 Å². The summed E-state index contributed by atoms with van der Waals surface area (Å²) in [6.07, 6.45) is 0.740. The van der Waals surface area contributed by atoms with E-state index in [1.54, 1.807) is 11.0 Å². The van der Waals surface area contributed by atoms with Gasteiger partial charge in [-0.15, -0.1) is 0 Å². The molecule has 2 rings (SSSR count). The van der Waals surface area contributed by atoms with E-state index >= 15 is 0 Å². The van der Waals surface area contributed by atoms with E-state index in [4.69, 9.17) is 10.5 Å². The van der Waals surface area contributed by atoms with Gasteiger partial charge in [-0.3, -0.25) is 4.79 Å². The maximum Gasteiger partial charge on any atom is 0.260 e. The van der Waals surface area contributed by atoms with Gasteiger partial charge in [0.1, 0.15) is 17.1 Å². The number of hydrogen-bond acceptors (Lipinski definition) is 3. The molecular weight excluding hydrogens is 235 g/mol. The van der Waals surface area contributed by atoms with Crippen molar-refractivity contribution in [3.8, 4) is 5.75 Å². The number of rotatable bonds is 2. The first kappa shape index (κ1) is 12.8. The van der Waals surface area contributed by atoms with E-state index in [1.165, 1.54) is 19.2 Å². The van der Waals surface area contributed by atoms with Gasteiger partial charge in [-0.25, -0.2) is 4.39 Å². The molecule has 2 N–H and O–H groups in total. The van der Waals surface area contributed by atoms with Crippen LogP contribution in [0.1, 0.15) is 23.7 Å². The van der Waals surface area contributed by atoms with Crippen molar-refractivity contribution in [2.24, 2.45) is 5.73 Å². The molecule has 0 bridgehead atoms. The summed E-state index contributed by atoms with van der Waals surface area (Å²) < 4.78 is 18.9. The molecule has 4 nitrogen and oxygen atoms in total. The van der Waals surface area contributed by atoms with Crippen LogP contribution in [0.2, 0.25) is 0 Å². The van der Waals surface area contributed by atoms with Crippen LogP contribution in [0.3, 0.4) is 0 Å². The zero-order chi connectivity index (χ0) is 13.3. The molecule has 0 radical (unpaired) electrons. The van der Waals surface area contributed by atoms with Gasteiger partial charge in [-0.05, 0) is 25.5 Å². The van der Waals surface area contributed by atoms with Crippen LogP contribution in [0.4, 0.5) is 4.39 Å². The number of nitrogens with zero attached hydrogens (tertiary/aromatic N) is 1. The van der Waals surface area contributed by atoms with Crippen molar-refractivity contribution in [1.29, 1.82) is 0 Å². The van der Waals surface area contributed by atoms with Crippen LogP contribution < -0.4 is 10.5 Å². The topological polar surface area (TPSA) is 55.6 Å². The average Bonchev–Trinajstić information content (AvgIpc) is 2.69. The normalized spacial score (nSPS) is 23.2. The highest BCUT2D eigenvalue weighted by Gasteiger charge is 2.34. The SMILES string of the molecule is COc1cccc(F)c1C(=O)N1CCC(N)C1C. The highest BCUT2D eigenvalue weighted by molar-refractivity contribution is 5.97. The molecule has 0 aromatic heterocycles. The summed E-state index contributed by atoms with van der Waals surface area (Å²) in [5.74, 6) is -0.662. The molecule has 2 atom stereocenters. The third-order valence-electron chi connectivity index (χ3n) is 3.48. The minimum Gasteiger partial charge on any atom is -0.496 e. The van der Waals surface area contributed by atoms with Crippen LogP contribution in [0.25, 0.3) is 0 Å². The Morgan fingerprint density at radius 3 is 2.83 bits per heavy atom. The summed E-state index contributed by atoms with van der Waals surface area (Å²) in [5.41, 5.74) is 5.86. The fraction of sp³-hybridized carbons (Fsp3) is 0.462. The van der Waals surface area contributed by atoms with E-state index in [2.05, 4.69) is 0 Å². The molecule has 1 aromatic rings. The second-order valence-electron chi connectivity index (χ2n) is 4.51. The molecule has 0 saturated carbocycles. The Hall–Kier alpha value is -1.62. The van der Waals surface area contributed by atoms with E-state index in [1.807, 2.05) is 6.92 Å². The van der Waals surface area contributed by atoms with Crippen molar-refractivity contribution >= 4 is 5.91 Å². The molecule has 2 unspecified atom stereocenters. The average molecular weight is 252 g/mol. The van der Waals surface area contributed by atoms with Gasteiger partial charge in [0, 0.05) is 18.6 Å². The second-order valence-corrected chi connectivity index (χ2v) is 4.51. The van der Waals surface area contributed by atoms with E-state index < -0.39 is 5.82 Å². The minimum absolute atomic E-state index is 0.0130. The van der Waals surface area contributed by atoms with Crippen molar-refractivity contribution in [3.05, 3.63) is 29.6 Å². The number of halogens is 1. The Labute approximate surface area is 106 Å². The fourth-order valence-corrected chi connectivity index (χ4v) is 2.28. The van der Waals surface area contributed by atoms with Crippen molar-refractivity contribution < 1.29 is 13.9 Å². The Balaban J connectivity index is 2.35. The van der Waals surface area contributed by atoms with Gasteiger partial charge in [-0.1, -0.05) is 6.07 Å². The van der Waals surface area contributed by atoms with Crippen LogP contribution in [0, 0.1) is 5.82 Å². The standard InChI is InChI=1S/C13H17FN2O2/c1-8-10(15)6-7-16(8)13(17)12-9(14)4-3-5-11(12)18-2/h3-5,8,10H,6-7,15H2,1-2H3. The van der Waals surface area contributed by atoms with Gasteiger partial charge in [0.15, 0.2) is 0 Å². The fourth-order valence-electron chi connectivity index (χ4n) is 2.28. The number of carbonyl (C=O) groups is 1. The molecule has 1 aromatic carbocycles. The lowest BCUT2D eigenvalue weighted by molar-refractivity contribution is 0.0734. The van der Waals surface area contributed by atoms with Crippen molar-refractivity contribution in [2.75, 3.05) is 13.7 Å². The zero-order valence-corrected chi connectivity index (χ0v) is 10.5. The Kier molecular flexibility index (Phi) is 3.52. The molecule has 0 spiro atoms. The van der Waals surface area contributed by atoms with Crippen LogP contribution in [-0.2, 0) is 0 Å². The Bertz CT molecular complexity index is 464. The molecule has 1 aliphatic heterocycles. The molecule has 98 valence electrons. The third-order valence-corrected chi connectivity index (χ3v) is 3.48. The predicted octanol–water partition coefficient (Wildman–Crippen LogP) is 1.40. The van der Waals surface area contributed by atoms with E-state index in [-0.39, 0.29) is 29.3 Å². The first-order chi connectivity index (χ1) is 8.56.